The Hall–Kier alpha value is -1.91. The van der Waals surface area contributed by atoms with E-state index >= 15 is 0 Å². The van der Waals surface area contributed by atoms with Gasteiger partial charge in [-0.25, -0.2) is 4.79 Å². The van der Waals surface area contributed by atoms with Gasteiger partial charge in [-0.15, -0.1) is 0 Å². The van der Waals surface area contributed by atoms with E-state index in [2.05, 4.69) is 22.8 Å². The standard InChI is InChI=1S/C19H28N2O3/c1-19(2,3)24-18(22)20-12-16-11-13-10-15(8-9-17(13)23-16)21-14-6-4-5-7-14/h8-10,14,16,21H,4-7,11-12H2,1-3H3,(H,20,22). The number of anilines is 1. The van der Waals surface area contributed by atoms with Gasteiger partial charge in [-0.2, -0.15) is 0 Å². The zero-order valence-corrected chi connectivity index (χ0v) is 14.9. The highest BCUT2D eigenvalue weighted by molar-refractivity contribution is 5.67. The summed E-state index contributed by atoms with van der Waals surface area (Å²) in [5.74, 6) is 0.919. The summed E-state index contributed by atoms with van der Waals surface area (Å²) < 4.78 is 11.2. The predicted octanol–water partition coefficient (Wildman–Crippen LogP) is 3.87. The average Bonchev–Trinajstić information content (AvgIpc) is 3.12. The third-order valence-corrected chi connectivity index (χ3v) is 4.40. The van der Waals surface area contributed by atoms with E-state index in [0.29, 0.717) is 12.6 Å². The normalized spacial score (nSPS) is 20.4. The van der Waals surface area contributed by atoms with E-state index in [1.165, 1.54) is 36.9 Å². The summed E-state index contributed by atoms with van der Waals surface area (Å²) >= 11 is 0. The maximum Gasteiger partial charge on any atom is 0.407 e. The van der Waals surface area contributed by atoms with Crippen molar-refractivity contribution in [2.75, 3.05) is 11.9 Å². The molecule has 0 bridgehead atoms. The van der Waals surface area contributed by atoms with Gasteiger partial charge in [0.15, 0.2) is 0 Å². The number of rotatable bonds is 4. The Morgan fingerprint density at radius 2 is 2.04 bits per heavy atom. The highest BCUT2D eigenvalue weighted by Crippen LogP contribution is 2.32. The van der Waals surface area contributed by atoms with Crippen LogP contribution in [0.2, 0.25) is 0 Å². The molecule has 24 heavy (non-hydrogen) atoms. The largest absolute Gasteiger partial charge is 0.488 e. The average molecular weight is 332 g/mol. The maximum atomic E-state index is 11.7. The molecular weight excluding hydrogens is 304 g/mol. The number of carbonyl (C=O) groups excluding carboxylic acids is 1. The topological polar surface area (TPSA) is 59.6 Å². The van der Waals surface area contributed by atoms with Crippen LogP contribution in [-0.2, 0) is 11.2 Å². The van der Waals surface area contributed by atoms with Gasteiger partial charge in [-0.1, -0.05) is 12.8 Å². The van der Waals surface area contributed by atoms with Crippen molar-refractivity contribution >= 4 is 11.8 Å². The lowest BCUT2D eigenvalue weighted by molar-refractivity contribution is 0.0506. The smallest absolute Gasteiger partial charge is 0.407 e. The summed E-state index contributed by atoms with van der Waals surface area (Å²) in [6.45, 7) is 6.02. The first-order valence-electron chi connectivity index (χ1n) is 8.92. The minimum absolute atomic E-state index is 0.0331. The van der Waals surface area contributed by atoms with Gasteiger partial charge in [-0.3, -0.25) is 0 Å². The van der Waals surface area contributed by atoms with Crippen molar-refractivity contribution in [2.45, 2.75) is 70.6 Å². The number of hydrogen-bond acceptors (Lipinski definition) is 4. The zero-order chi connectivity index (χ0) is 17.2. The summed E-state index contributed by atoms with van der Waals surface area (Å²) in [4.78, 5) is 11.7. The number of carbonyl (C=O) groups is 1. The second-order valence-corrected chi connectivity index (χ2v) is 7.77. The Labute approximate surface area is 144 Å². The van der Waals surface area contributed by atoms with Crippen molar-refractivity contribution in [3.05, 3.63) is 23.8 Å². The van der Waals surface area contributed by atoms with E-state index in [1.807, 2.05) is 26.8 Å². The first-order chi connectivity index (χ1) is 11.4. The Morgan fingerprint density at radius 3 is 2.75 bits per heavy atom. The number of nitrogens with one attached hydrogen (secondary N) is 2. The summed E-state index contributed by atoms with van der Waals surface area (Å²) in [5, 5.41) is 6.40. The summed E-state index contributed by atoms with van der Waals surface area (Å²) in [5.41, 5.74) is 1.89. The molecule has 0 spiro atoms. The van der Waals surface area contributed by atoms with Gasteiger partial charge in [0.1, 0.15) is 17.5 Å². The van der Waals surface area contributed by atoms with E-state index in [9.17, 15) is 4.79 Å². The molecule has 1 saturated carbocycles. The van der Waals surface area contributed by atoms with Crippen LogP contribution in [0.4, 0.5) is 10.5 Å². The van der Waals surface area contributed by atoms with Gasteiger partial charge in [0, 0.05) is 18.2 Å². The lowest BCUT2D eigenvalue weighted by Gasteiger charge is -2.20. The summed E-state index contributed by atoms with van der Waals surface area (Å²) in [6, 6.07) is 6.90. The lowest BCUT2D eigenvalue weighted by Crippen LogP contribution is -2.38. The van der Waals surface area contributed by atoms with Gasteiger partial charge >= 0.3 is 6.09 Å². The minimum atomic E-state index is -0.482. The highest BCUT2D eigenvalue weighted by Gasteiger charge is 2.25. The molecule has 1 aromatic carbocycles. The van der Waals surface area contributed by atoms with E-state index in [-0.39, 0.29) is 6.10 Å². The SMILES string of the molecule is CC(C)(C)OC(=O)NCC1Cc2cc(NC3CCCC3)ccc2O1. The van der Waals surface area contributed by atoms with Crippen LogP contribution in [-0.4, -0.2) is 30.4 Å². The molecule has 1 amide bonds. The van der Waals surface area contributed by atoms with Crippen LogP contribution in [0, 0.1) is 0 Å². The number of fused-ring (bicyclic) bond motifs is 1. The molecule has 5 heteroatoms. The van der Waals surface area contributed by atoms with E-state index in [1.54, 1.807) is 0 Å². The second kappa shape index (κ2) is 6.91. The third-order valence-electron chi connectivity index (χ3n) is 4.40. The molecule has 2 aliphatic rings. The van der Waals surface area contributed by atoms with Crippen LogP contribution in [0.5, 0.6) is 5.75 Å². The number of ether oxygens (including phenoxy) is 2. The van der Waals surface area contributed by atoms with Crippen LogP contribution in [0.25, 0.3) is 0 Å². The van der Waals surface area contributed by atoms with E-state index in [4.69, 9.17) is 9.47 Å². The fourth-order valence-corrected chi connectivity index (χ4v) is 3.34. The van der Waals surface area contributed by atoms with Crippen LogP contribution >= 0.6 is 0 Å². The van der Waals surface area contributed by atoms with E-state index in [0.717, 1.165) is 12.2 Å². The fourth-order valence-electron chi connectivity index (χ4n) is 3.34. The zero-order valence-electron chi connectivity index (χ0n) is 14.9. The van der Waals surface area contributed by atoms with Crippen molar-refractivity contribution in [3.63, 3.8) is 0 Å². The summed E-state index contributed by atoms with van der Waals surface area (Å²) in [6.07, 6.45) is 5.55. The molecule has 5 nitrogen and oxygen atoms in total. The van der Waals surface area contributed by atoms with Crippen molar-refractivity contribution < 1.29 is 14.3 Å². The molecule has 132 valence electrons. The number of hydrogen-bond donors (Lipinski definition) is 2. The first kappa shape index (κ1) is 16.9. The molecule has 2 N–H and O–H groups in total. The minimum Gasteiger partial charge on any atom is -0.488 e. The third kappa shape index (κ3) is 4.56. The van der Waals surface area contributed by atoms with Crippen LogP contribution in [0.3, 0.4) is 0 Å². The maximum absolute atomic E-state index is 11.7. The van der Waals surface area contributed by atoms with Crippen molar-refractivity contribution in [1.82, 2.24) is 5.32 Å². The molecule has 1 unspecified atom stereocenters. The molecule has 0 saturated heterocycles. The van der Waals surface area contributed by atoms with Gasteiger partial charge < -0.3 is 20.1 Å². The first-order valence-corrected chi connectivity index (χ1v) is 8.92. The molecule has 1 aliphatic heterocycles. The monoisotopic (exact) mass is 332 g/mol. The number of amides is 1. The Balaban J connectivity index is 1.50. The lowest BCUT2D eigenvalue weighted by atomic mass is 10.1. The molecule has 0 radical (unpaired) electrons. The molecule has 1 atom stereocenters. The Kier molecular flexibility index (Phi) is 4.88. The Bertz CT molecular complexity index is 589. The molecule has 3 rings (SSSR count). The molecule has 0 aromatic heterocycles. The van der Waals surface area contributed by atoms with Gasteiger partial charge in [0.2, 0.25) is 0 Å². The number of alkyl carbamates (subject to hydrolysis) is 1. The van der Waals surface area contributed by atoms with Gasteiger partial charge in [0.05, 0.1) is 6.54 Å². The number of benzene rings is 1. The van der Waals surface area contributed by atoms with Crippen molar-refractivity contribution in [3.8, 4) is 5.75 Å². The quantitative estimate of drug-likeness (QED) is 0.879. The molecule has 1 fully saturated rings. The summed E-state index contributed by atoms with van der Waals surface area (Å²) in [7, 11) is 0. The van der Waals surface area contributed by atoms with Gasteiger partial charge in [0.25, 0.3) is 0 Å². The molecule has 1 aromatic rings. The van der Waals surface area contributed by atoms with Crippen LogP contribution < -0.4 is 15.4 Å². The molecule has 1 aliphatic carbocycles. The predicted molar refractivity (Wildman–Crippen MR) is 94.7 cm³/mol. The van der Waals surface area contributed by atoms with Gasteiger partial charge in [-0.05, 0) is 57.4 Å². The van der Waals surface area contributed by atoms with E-state index < -0.39 is 11.7 Å². The molecule has 1 heterocycles. The van der Waals surface area contributed by atoms with Crippen molar-refractivity contribution in [1.29, 1.82) is 0 Å². The molecular formula is C19H28N2O3. The fraction of sp³-hybridized carbons (Fsp3) is 0.632. The van der Waals surface area contributed by atoms with Crippen LogP contribution in [0.15, 0.2) is 18.2 Å². The van der Waals surface area contributed by atoms with Crippen LogP contribution in [0.1, 0.15) is 52.0 Å². The second-order valence-electron chi connectivity index (χ2n) is 7.77. The Morgan fingerprint density at radius 1 is 1.29 bits per heavy atom. The van der Waals surface area contributed by atoms with Crippen molar-refractivity contribution in [2.24, 2.45) is 0 Å². The highest BCUT2D eigenvalue weighted by atomic mass is 16.6.